The highest BCUT2D eigenvalue weighted by Crippen LogP contribution is 2.34. The van der Waals surface area contributed by atoms with Crippen LogP contribution >= 0.6 is 35.7 Å². The van der Waals surface area contributed by atoms with E-state index in [1.54, 1.807) is 0 Å². The lowest BCUT2D eigenvalue weighted by atomic mass is 9.99. The van der Waals surface area contributed by atoms with Gasteiger partial charge in [-0.05, 0) is 38.9 Å². The number of nitrogens with zero attached hydrogens (tertiary/aromatic N) is 3. The van der Waals surface area contributed by atoms with E-state index >= 15 is 0 Å². The number of carbonyl (C=O) groups is 1. The van der Waals surface area contributed by atoms with Crippen LogP contribution in [0.15, 0.2) is 4.99 Å². The summed E-state index contributed by atoms with van der Waals surface area (Å²) >= 11 is 1.92. The molecule has 1 amide bonds. The van der Waals surface area contributed by atoms with Gasteiger partial charge in [-0.15, -0.1) is 24.0 Å². The number of guanidine groups is 1. The molecule has 0 aromatic heterocycles. The number of hydrogen-bond acceptors (Lipinski definition) is 5. The Morgan fingerprint density at radius 2 is 1.86 bits per heavy atom. The first-order valence-electron chi connectivity index (χ1n) is 10.2. The van der Waals surface area contributed by atoms with E-state index in [1.807, 2.05) is 16.7 Å². The Bertz CT molecular complexity index is 517. The molecule has 0 spiro atoms. The van der Waals surface area contributed by atoms with Crippen molar-refractivity contribution in [2.75, 3.05) is 65.3 Å². The maximum Gasteiger partial charge on any atom is 0.251 e. The Kier molecular flexibility index (Phi) is 10.1. The number of aliphatic imine (C=N–C) groups is 1. The van der Waals surface area contributed by atoms with Crippen LogP contribution in [0.3, 0.4) is 0 Å². The predicted molar refractivity (Wildman–Crippen MR) is 125 cm³/mol. The summed E-state index contributed by atoms with van der Waals surface area (Å²) in [5, 5.41) is 3.44. The molecule has 0 aromatic rings. The van der Waals surface area contributed by atoms with Crippen molar-refractivity contribution in [2.24, 2.45) is 4.99 Å². The monoisotopic (exact) mass is 526 g/mol. The molecule has 7 nitrogen and oxygen atoms in total. The van der Waals surface area contributed by atoms with Crippen molar-refractivity contribution in [3.8, 4) is 0 Å². The summed E-state index contributed by atoms with van der Waals surface area (Å²) in [5.41, 5.74) is 0. The maximum absolute atomic E-state index is 12.5. The van der Waals surface area contributed by atoms with Gasteiger partial charge in [-0.1, -0.05) is 0 Å². The van der Waals surface area contributed by atoms with Crippen LogP contribution in [0.5, 0.6) is 0 Å². The van der Waals surface area contributed by atoms with Crippen LogP contribution in [0.25, 0.3) is 0 Å². The molecule has 1 N–H and O–H groups in total. The number of nitrogens with one attached hydrogen (secondary N) is 1. The molecule has 3 aliphatic rings. The Labute approximate surface area is 190 Å². The van der Waals surface area contributed by atoms with Gasteiger partial charge in [-0.3, -0.25) is 9.79 Å². The molecule has 3 fully saturated rings. The molecule has 1 atom stereocenters. The van der Waals surface area contributed by atoms with Crippen LogP contribution in [0.2, 0.25) is 0 Å². The number of carbonyl (C=O) groups excluding carboxylic acids is 1. The van der Waals surface area contributed by atoms with Crippen molar-refractivity contribution in [1.82, 2.24) is 15.1 Å². The predicted octanol–water partition coefficient (Wildman–Crippen LogP) is 1.81. The second-order valence-corrected chi connectivity index (χ2v) is 8.76. The maximum atomic E-state index is 12.5. The highest BCUT2D eigenvalue weighted by molar-refractivity contribution is 14.0. The van der Waals surface area contributed by atoms with E-state index < -0.39 is 0 Å². The molecule has 28 heavy (non-hydrogen) atoms. The first-order chi connectivity index (χ1) is 13.2. The van der Waals surface area contributed by atoms with E-state index in [1.165, 1.54) is 0 Å². The minimum Gasteiger partial charge on any atom is -0.381 e. The summed E-state index contributed by atoms with van der Waals surface area (Å²) in [6, 6.07) is 0. The molecule has 3 aliphatic heterocycles. The van der Waals surface area contributed by atoms with Crippen molar-refractivity contribution in [2.45, 2.75) is 43.5 Å². The number of ether oxygens (including phenoxy) is 2. The average molecular weight is 526 g/mol. The minimum atomic E-state index is -0.214. The van der Waals surface area contributed by atoms with Crippen LogP contribution in [0.4, 0.5) is 0 Å². The van der Waals surface area contributed by atoms with Crippen LogP contribution in [-0.4, -0.2) is 97.9 Å². The molecule has 9 heteroatoms. The molecule has 0 saturated carbocycles. The summed E-state index contributed by atoms with van der Waals surface area (Å²) in [6.45, 7) is 9.27. The minimum absolute atomic E-state index is 0. The number of thioether (sulfide) groups is 1. The van der Waals surface area contributed by atoms with Gasteiger partial charge in [0, 0.05) is 57.3 Å². The van der Waals surface area contributed by atoms with Crippen LogP contribution in [0.1, 0.15) is 32.6 Å². The fourth-order valence-electron chi connectivity index (χ4n) is 3.93. The lowest BCUT2D eigenvalue weighted by Crippen LogP contribution is -2.55. The number of hydrogen-bond donors (Lipinski definition) is 1. The molecule has 3 rings (SSSR count). The number of rotatable bonds is 5. The standard InChI is InChI=1S/C19H34N4O3S.HI/c1-3-20-18(21-15-19(27-2)6-13-25-14-7-19)23-10-8-22(9-11-23)17(24)16-5-4-12-26-16;/h16H,3-15H2,1-2H3,(H,20,21);1H. The zero-order valence-corrected chi connectivity index (χ0v) is 20.3. The molecule has 0 bridgehead atoms. The number of piperazine rings is 1. The van der Waals surface area contributed by atoms with Crippen LogP contribution < -0.4 is 5.32 Å². The fraction of sp³-hybridized carbons (Fsp3) is 0.895. The lowest BCUT2D eigenvalue weighted by Gasteiger charge is -2.38. The van der Waals surface area contributed by atoms with Gasteiger partial charge < -0.3 is 24.6 Å². The lowest BCUT2D eigenvalue weighted by molar-refractivity contribution is -0.142. The molecule has 162 valence electrons. The first-order valence-corrected chi connectivity index (χ1v) is 11.5. The third kappa shape index (κ3) is 6.12. The number of amides is 1. The second-order valence-electron chi connectivity index (χ2n) is 7.48. The Balaban J connectivity index is 0.00000280. The fourth-order valence-corrected chi connectivity index (χ4v) is 4.70. The second kappa shape index (κ2) is 11.8. The zero-order valence-electron chi connectivity index (χ0n) is 17.2. The average Bonchev–Trinajstić information content (AvgIpc) is 3.26. The van der Waals surface area contributed by atoms with Crippen molar-refractivity contribution >= 4 is 47.6 Å². The molecule has 1 unspecified atom stereocenters. The van der Waals surface area contributed by atoms with E-state index in [0.29, 0.717) is 0 Å². The smallest absolute Gasteiger partial charge is 0.251 e. The largest absolute Gasteiger partial charge is 0.381 e. The van der Waals surface area contributed by atoms with Gasteiger partial charge in [0.15, 0.2) is 5.96 Å². The van der Waals surface area contributed by atoms with Crippen LogP contribution in [-0.2, 0) is 14.3 Å². The van der Waals surface area contributed by atoms with Crippen molar-refractivity contribution in [3.05, 3.63) is 0 Å². The molecule has 3 heterocycles. The van der Waals surface area contributed by atoms with E-state index in [-0.39, 0.29) is 40.7 Å². The molecule has 0 radical (unpaired) electrons. The third-order valence-electron chi connectivity index (χ3n) is 5.78. The van der Waals surface area contributed by atoms with Gasteiger partial charge in [-0.2, -0.15) is 11.8 Å². The third-order valence-corrected chi connectivity index (χ3v) is 7.19. The summed E-state index contributed by atoms with van der Waals surface area (Å²) < 4.78 is 11.3. The van der Waals surface area contributed by atoms with E-state index in [0.717, 1.165) is 90.7 Å². The Morgan fingerprint density at radius 3 is 2.43 bits per heavy atom. The van der Waals surface area contributed by atoms with Crippen molar-refractivity contribution in [1.29, 1.82) is 0 Å². The van der Waals surface area contributed by atoms with Gasteiger partial charge in [0.25, 0.3) is 5.91 Å². The summed E-state index contributed by atoms with van der Waals surface area (Å²) in [7, 11) is 0. The highest BCUT2D eigenvalue weighted by Gasteiger charge is 2.33. The first kappa shape index (κ1) is 24.0. The highest BCUT2D eigenvalue weighted by atomic mass is 127. The van der Waals surface area contributed by atoms with Gasteiger partial charge in [0.2, 0.25) is 0 Å². The van der Waals surface area contributed by atoms with E-state index in [2.05, 4.69) is 23.4 Å². The van der Waals surface area contributed by atoms with Crippen molar-refractivity contribution < 1.29 is 14.3 Å². The Hall–Kier alpha value is -0.260. The van der Waals surface area contributed by atoms with Gasteiger partial charge in [0.1, 0.15) is 6.10 Å². The quantitative estimate of drug-likeness (QED) is 0.335. The van der Waals surface area contributed by atoms with E-state index in [4.69, 9.17) is 14.5 Å². The molecule has 0 aliphatic carbocycles. The summed E-state index contributed by atoms with van der Waals surface area (Å²) in [6.07, 6.45) is 5.94. The molecule has 0 aromatic carbocycles. The molecular weight excluding hydrogens is 491 g/mol. The normalized spacial score (nSPS) is 25.4. The number of halogens is 1. The zero-order chi connectivity index (χ0) is 19.1. The summed E-state index contributed by atoms with van der Waals surface area (Å²) in [5.74, 6) is 1.14. The molecule has 3 saturated heterocycles. The van der Waals surface area contributed by atoms with Gasteiger partial charge in [-0.25, -0.2) is 0 Å². The summed E-state index contributed by atoms with van der Waals surface area (Å²) in [4.78, 5) is 21.8. The SMILES string of the molecule is CCNC(=NCC1(SC)CCOCC1)N1CCN(C(=O)C2CCCO2)CC1.I. The van der Waals surface area contributed by atoms with Gasteiger partial charge >= 0.3 is 0 Å². The molecular formula is C19H35IN4O3S. The van der Waals surface area contributed by atoms with Crippen molar-refractivity contribution in [3.63, 3.8) is 0 Å². The Morgan fingerprint density at radius 1 is 1.18 bits per heavy atom. The topological polar surface area (TPSA) is 66.4 Å². The van der Waals surface area contributed by atoms with Gasteiger partial charge in [0.05, 0.1) is 6.54 Å². The van der Waals surface area contributed by atoms with E-state index in [9.17, 15) is 4.79 Å². The van der Waals surface area contributed by atoms with Crippen LogP contribution in [0, 0.1) is 0 Å².